The Morgan fingerprint density at radius 2 is 0.929 bits per heavy atom. The van der Waals surface area contributed by atoms with Crippen molar-refractivity contribution in [2.24, 2.45) is 0 Å². The zero-order chi connectivity index (χ0) is 11.8. The molecule has 90 valence electrons. The van der Waals surface area contributed by atoms with Crippen LogP contribution in [0.4, 0.5) is 0 Å². The molecule has 0 amide bonds. The molecule has 0 atom stereocenters. The average molecular weight is 203 g/mol. The second-order valence-corrected chi connectivity index (χ2v) is 3.30. The van der Waals surface area contributed by atoms with Gasteiger partial charge in [-0.05, 0) is 33.0 Å². The van der Waals surface area contributed by atoms with Gasteiger partial charge in [0, 0.05) is 0 Å². The Balaban J connectivity index is -0.000000170. The van der Waals surface area contributed by atoms with Gasteiger partial charge >= 0.3 is 0 Å². The molecule has 0 aliphatic heterocycles. The summed E-state index contributed by atoms with van der Waals surface area (Å²) in [6.45, 7) is 15.3. The van der Waals surface area contributed by atoms with Crippen LogP contribution in [0.5, 0.6) is 0 Å². The maximum absolute atomic E-state index is 2.36. The molecule has 14 heavy (non-hydrogen) atoms. The zero-order valence-corrected chi connectivity index (χ0v) is 11.7. The zero-order valence-electron chi connectivity index (χ0n) is 11.7. The van der Waals surface area contributed by atoms with Crippen LogP contribution in [0.25, 0.3) is 0 Å². The summed E-state index contributed by atoms with van der Waals surface area (Å²) >= 11 is 0. The highest BCUT2D eigenvalue weighted by atomic mass is 15.1. The van der Waals surface area contributed by atoms with E-state index < -0.39 is 0 Å². The van der Waals surface area contributed by atoms with E-state index in [1.54, 1.807) is 0 Å². The summed E-state index contributed by atoms with van der Waals surface area (Å²) < 4.78 is 0. The summed E-state index contributed by atoms with van der Waals surface area (Å²) in [7, 11) is 2.17. The van der Waals surface area contributed by atoms with Gasteiger partial charge in [-0.3, -0.25) is 0 Å². The van der Waals surface area contributed by atoms with Crippen LogP contribution in [0.3, 0.4) is 0 Å². The van der Waals surface area contributed by atoms with Crippen molar-refractivity contribution in [3.8, 4) is 0 Å². The van der Waals surface area contributed by atoms with Gasteiger partial charge in [-0.1, -0.05) is 54.4 Å². The molecule has 0 aromatic rings. The van der Waals surface area contributed by atoms with E-state index >= 15 is 0 Å². The number of hydrogen-bond acceptors (Lipinski definition) is 1. The van der Waals surface area contributed by atoms with Crippen LogP contribution >= 0.6 is 0 Å². The van der Waals surface area contributed by atoms with Gasteiger partial charge in [0.15, 0.2) is 0 Å². The highest BCUT2D eigenvalue weighted by molar-refractivity contribution is 4.45. The van der Waals surface area contributed by atoms with Crippen LogP contribution in [0.2, 0.25) is 0 Å². The normalized spacial score (nSPS) is 8.57. The lowest BCUT2D eigenvalue weighted by molar-refractivity contribution is 0.335. The smallest absolute Gasteiger partial charge is 0.00244 e. The van der Waals surface area contributed by atoms with Crippen LogP contribution in [-0.4, -0.2) is 25.0 Å². The first-order chi connectivity index (χ1) is 6.72. The fourth-order valence-corrected chi connectivity index (χ4v) is 0.875. The van der Waals surface area contributed by atoms with Crippen molar-refractivity contribution in [1.82, 2.24) is 4.90 Å². The molecule has 0 radical (unpaired) electrons. The lowest BCUT2D eigenvalue weighted by Crippen LogP contribution is -2.19. The number of unbranched alkanes of at least 4 members (excludes halogenated alkanes) is 1. The molecule has 1 nitrogen and oxygen atoms in total. The molecular formula is C13H33N. The molecule has 0 N–H and O–H groups in total. The molecule has 0 aromatic carbocycles. The van der Waals surface area contributed by atoms with Gasteiger partial charge in [0.25, 0.3) is 0 Å². The van der Waals surface area contributed by atoms with Gasteiger partial charge in [-0.15, -0.1) is 0 Å². The molecule has 0 bridgehead atoms. The Bertz CT molecular complexity index is 54.3. The van der Waals surface area contributed by atoms with E-state index in [0.717, 1.165) is 0 Å². The van der Waals surface area contributed by atoms with E-state index in [4.69, 9.17) is 0 Å². The van der Waals surface area contributed by atoms with Crippen LogP contribution in [0, 0.1) is 0 Å². The highest BCUT2D eigenvalue weighted by Crippen LogP contribution is 1.86. The van der Waals surface area contributed by atoms with Crippen LogP contribution < -0.4 is 0 Å². The van der Waals surface area contributed by atoms with Crippen LogP contribution in [-0.2, 0) is 0 Å². The molecular weight excluding hydrogens is 170 g/mol. The minimum Gasteiger partial charge on any atom is -0.306 e. The van der Waals surface area contributed by atoms with Gasteiger partial charge in [0.05, 0.1) is 0 Å². The second-order valence-electron chi connectivity index (χ2n) is 3.30. The molecule has 1 heteroatoms. The third-order valence-electron chi connectivity index (χ3n) is 1.71. The highest BCUT2D eigenvalue weighted by Gasteiger charge is 1.90. The largest absolute Gasteiger partial charge is 0.306 e. The van der Waals surface area contributed by atoms with Gasteiger partial charge in [0.2, 0.25) is 0 Å². The fourth-order valence-electron chi connectivity index (χ4n) is 0.875. The van der Waals surface area contributed by atoms with E-state index in [1.807, 2.05) is 13.8 Å². The molecule has 0 rings (SSSR count). The van der Waals surface area contributed by atoms with E-state index in [-0.39, 0.29) is 0 Å². The van der Waals surface area contributed by atoms with Crippen LogP contribution in [0.1, 0.15) is 67.2 Å². The predicted octanol–water partition coefficient (Wildman–Crippen LogP) is 4.57. The SMILES string of the molecule is CC.CCCC.CCCN(C)CCC. The summed E-state index contributed by atoms with van der Waals surface area (Å²) in [5.74, 6) is 0. The third kappa shape index (κ3) is 29.7. The maximum Gasteiger partial charge on any atom is -0.00244 e. The average Bonchev–Trinajstić information content (AvgIpc) is 2.22. The van der Waals surface area contributed by atoms with Gasteiger partial charge in [-0.2, -0.15) is 0 Å². The van der Waals surface area contributed by atoms with Crippen LogP contribution in [0.15, 0.2) is 0 Å². The van der Waals surface area contributed by atoms with E-state index in [1.165, 1.54) is 38.8 Å². The van der Waals surface area contributed by atoms with Crippen molar-refractivity contribution < 1.29 is 0 Å². The quantitative estimate of drug-likeness (QED) is 0.632. The summed E-state index contributed by atoms with van der Waals surface area (Å²) in [4.78, 5) is 2.36. The summed E-state index contributed by atoms with van der Waals surface area (Å²) in [5.41, 5.74) is 0. The Morgan fingerprint density at radius 3 is 1.07 bits per heavy atom. The number of rotatable bonds is 5. The van der Waals surface area contributed by atoms with Crippen molar-refractivity contribution in [1.29, 1.82) is 0 Å². The molecule has 0 aliphatic rings. The lowest BCUT2D eigenvalue weighted by Gasteiger charge is -2.12. The first-order valence-corrected chi connectivity index (χ1v) is 6.41. The molecule has 0 unspecified atom stereocenters. The van der Waals surface area contributed by atoms with Crippen molar-refractivity contribution in [2.45, 2.75) is 67.2 Å². The van der Waals surface area contributed by atoms with E-state index in [2.05, 4.69) is 39.6 Å². The first kappa shape index (κ1) is 19.5. The predicted molar refractivity (Wildman–Crippen MR) is 70.0 cm³/mol. The van der Waals surface area contributed by atoms with E-state index in [0.29, 0.717) is 0 Å². The minimum absolute atomic E-state index is 1.24. The minimum atomic E-state index is 1.24. The molecule has 0 fully saturated rings. The first-order valence-electron chi connectivity index (χ1n) is 6.41. The summed E-state index contributed by atoms with van der Waals surface area (Å²) in [6, 6.07) is 0. The van der Waals surface area contributed by atoms with Crippen molar-refractivity contribution in [2.75, 3.05) is 20.1 Å². The Labute approximate surface area is 92.9 Å². The molecule has 0 heterocycles. The maximum atomic E-state index is 2.36. The Hall–Kier alpha value is -0.0400. The van der Waals surface area contributed by atoms with Crippen molar-refractivity contribution in [3.63, 3.8) is 0 Å². The molecule has 0 aromatic heterocycles. The van der Waals surface area contributed by atoms with Gasteiger partial charge < -0.3 is 4.90 Å². The Kier molecular flexibility index (Phi) is 32.2. The second kappa shape index (κ2) is 23.1. The van der Waals surface area contributed by atoms with Gasteiger partial charge in [-0.25, -0.2) is 0 Å². The summed E-state index contributed by atoms with van der Waals surface area (Å²) in [6.07, 6.45) is 5.19. The Morgan fingerprint density at radius 1 is 0.643 bits per heavy atom. The topological polar surface area (TPSA) is 3.24 Å². The molecule has 0 saturated heterocycles. The number of nitrogens with zero attached hydrogens (tertiary/aromatic N) is 1. The number of hydrogen-bond donors (Lipinski definition) is 0. The molecule has 0 spiro atoms. The standard InChI is InChI=1S/C7H17N.C4H10.C2H6/c1-4-6-8(3)7-5-2;1-3-4-2;1-2/h4-7H2,1-3H3;3-4H2,1-2H3;1-2H3. The van der Waals surface area contributed by atoms with Crippen molar-refractivity contribution >= 4 is 0 Å². The fraction of sp³-hybridized carbons (Fsp3) is 1.00. The monoisotopic (exact) mass is 203 g/mol. The van der Waals surface area contributed by atoms with Gasteiger partial charge in [0.1, 0.15) is 0 Å². The summed E-state index contributed by atoms with van der Waals surface area (Å²) in [5, 5.41) is 0. The lowest BCUT2D eigenvalue weighted by atomic mass is 10.4. The molecule has 0 saturated carbocycles. The van der Waals surface area contributed by atoms with Crippen molar-refractivity contribution in [3.05, 3.63) is 0 Å². The molecule has 0 aliphatic carbocycles. The van der Waals surface area contributed by atoms with E-state index in [9.17, 15) is 0 Å². The third-order valence-corrected chi connectivity index (χ3v) is 1.71.